The van der Waals surface area contributed by atoms with E-state index in [0.29, 0.717) is 13.0 Å². The molecule has 0 unspecified atom stereocenters. The number of fused-ring (bicyclic) bond motifs is 2. The van der Waals surface area contributed by atoms with Gasteiger partial charge in [-0.25, -0.2) is 0 Å². The molecule has 0 bridgehead atoms. The molecule has 1 heterocycles. The van der Waals surface area contributed by atoms with Gasteiger partial charge >= 0.3 is 0 Å². The van der Waals surface area contributed by atoms with Gasteiger partial charge in [-0.3, -0.25) is 4.79 Å². The van der Waals surface area contributed by atoms with Gasteiger partial charge in [0, 0.05) is 30.6 Å². The number of ether oxygens (including phenoxy) is 1. The molecule has 2 aromatic carbocycles. The smallest absolute Gasteiger partial charge is 0.220 e. The lowest BCUT2D eigenvalue weighted by atomic mass is 9.96. The molecule has 3 aromatic rings. The number of hydrogen-bond donors (Lipinski definition) is 2. The first-order valence-corrected chi connectivity index (χ1v) is 9.61. The topological polar surface area (TPSA) is 54.1 Å². The van der Waals surface area contributed by atoms with E-state index in [0.717, 1.165) is 31.2 Å². The summed E-state index contributed by atoms with van der Waals surface area (Å²) in [7, 11) is 1.70. The van der Waals surface area contributed by atoms with E-state index >= 15 is 0 Å². The average molecular weight is 362 g/mol. The fraction of sp³-hybridized carbons (Fsp3) is 0.348. The third-order valence-corrected chi connectivity index (χ3v) is 5.53. The number of aryl methyl sites for hydroxylation is 1. The molecule has 0 fully saturated rings. The lowest BCUT2D eigenvalue weighted by Gasteiger charge is -2.29. The Morgan fingerprint density at radius 1 is 1.11 bits per heavy atom. The standard InChI is InChI=1S/C23H26N2O2/c1-27-16-23(13-17-7-2-3-8-18(17)14-23)25-22(26)12-6-9-19-15-24-21-11-5-4-10-20(19)21/h2-5,7-8,10-11,15,24H,6,9,12-14,16H2,1H3,(H,25,26). The molecular weight excluding hydrogens is 336 g/mol. The van der Waals surface area contributed by atoms with E-state index in [2.05, 4.69) is 59.0 Å². The normalized spacial score (nSPS) is 15.0. The molecule has 0 spiro atoms. The molecule has 4 nitrogen and oxygen atoms in total. The van der Waals surface area contributed by atoms with Crippen molar-refractivity contribution in [2.45, 2.75) is 37.6 Å². The first-order chi connectivity index (χ1) is 13.2. The second-order valence-electron chi connectivity index (χ2n) is 7.60. The van der Waals surface area contributed by atoms with Crippen LogP contribution < -0.4 is 5.32 Å². The minimum atomic E-state index is -0.309. The second-order valence-corrected chi connectivity index (χ2v) is 7.60. The summed E-state index contributed by atoms with van der Waals surface area (Å²) < 4.78 is 5.45. The second kappa shape index (κ2) is 7.57. The molecule has 1 aliphatic carbocycles. The van der Waals surface area contributed by atoms with Crippen LogP contribution in [0.25, 0.3) is 10.9 Å². The Morgan fingerprint density at radius 3 is 2.56 bits per heavy atom. The largest absolute Gasteiger partial charge is 0.382 e. The highest BCUT2D eigenvalue weighted by molar-refractivity contribution is 5.83. The van der Waals surface area contributed by atoms with Gasteiger partial charge in [-0.1, -0.05) is 42.5 Å². The Balaban J connectivity index is 1.35. The monoisotopic (exact) mass is 362 g/mol. The molecule has 0 radical (unpaired) electrons. The lowest BCUT2D eigenvalue weighted by molar-refractivity contribution is -0.123. The molecule has 0 aliphatic heterocycles. The van der Waals surface area contributed by atoms with Crippen LogP contribution in [-0.2, 0) is 28.8 Å². The summed E-state index contributed by atoms with van der Waals surface area (Å²) in [5.41, 5.74) is 4.75. The van der Waals surface area contributed by atoms with Crippen LogP contribution in [0.1, 0.15) is 29.5 Å². The van der Waals surface area contributed by atoms with E-state index in [-0.39, 0.29) is 11.4 Å². The Bertz CT molecular complexity index is 919. The van der Waals surface area contributed by atoms with Crippen LogP contribution in [0, 0.1) is 0 Å². The van der Waals surface area contributed by atoms with Crippen molar-refractivity contribution in [1.82, 2.24) is 10.3 Å². The third kappa shape index (κ3) is 3.76. The number of H-pyrrole nitrogens is 1. The van der Waals surface area contributed by atoms with Crippen molar-refractivity contribution in [2.24, 2.45) is 0 Å². The fourth-order valence-corrected chi connectivity index (χ4v) is 4.33. The van der Waals surface area contributed by atoms with Gasteiger partial charge in [0.25, 0.3) is 0 Å². The van der Waals surface area contributed by atoms with Crippen LogP contribution in [0.15, 0.2) is 54.7 Å². The first-order valence-electron chi connectivity index (χ1n) is 9.61. The van der Waals surface area contributed by atoms with Crippen LogP contribution in [-0.4, -0.2) is 30.1 Å². The number of para-hydroxylation sites is 1. The zero-order chi connectivity index (χ0) is 18.7. The molecule has 1 amide bonds. The van der Waals surface area contributed by atoms with Crippen LogP contribution >= 0.6 is 0 Å². The minimum absolute atomic E-state index is 0.111. The van der Waals surface area contributed by atoms with E-state index in [1.807, 2.05) is 6.07 Å². The van der Waals surface area contributed by atoms with Gasteiger partial charge in [-0.05, 0) is 48.4 Å². The maximum absolute atomic E-state index is 12.6. The molecule has 4 heteroatoms. The molecule has 1 aromatic heterocycles. The number of nitrogens with one attached hydrogen (secondary N) is 2. The summed E-state index contributed by atoms with van der Waals surface area (Å²) in [6.45, 7) is 0.538. The van der Waals surface area contributed by atoms with Crippen molar-refractivity contribution < 1.29 is 9.53 Å². The summed E-state index contributed by atoms with van der Waals surface area (Å²) in [5.74, 6) is 0.111. The van der Waals surface area contributed by atoms with E-state index < -0.39 is 0 Å². The number of aromatic amines is 1. The number of amides is 1. The van der Waals surface area contributed by atoms with E-state index in [1.54, 1.807) is 7.11 Å². The highest BCUT2D eigenvalue weighted by atomic mass is 16.5. The van der Waals surface area contributed by atoms with Crippen molar-refractivity contribution in [3.8, 4) is 0 Å². The molecule has 1 aliphatic rings. The molecule has 140 valence electrons. The maximum Gasteiger partial charge on any atom is 0.220 e. The Hall–Kier alpha value is -2.59. The number of rotatable bonds is 7. The van der Waals surface area contributed by atoms with Crippen LogP contribution in [0.5, 0.6) is 0 Å². The average Bonchev–Trinajstić information content (AvgIpc) is 3.23. The molecular formula is C23H26N2O2. The van der Waals surface area contributed by atoms with Crippen molar-refractivity contribution in [3.05, 3.63) is 71.4 Å². The Kier molecular flexibility index (Phi) is 4.99. The van der Waals surface area contributed by atoms with Gasteiger partial charge in [0.2, 0.25) is 5.91 Å². The minimum Gasteiger partial charge on any atom is -0.382 e. The van der Waals surface area contributed by atoms with Crippen molar-refractivity contribution in [1.29, 1.82) is 0 Å². The highest BCUT2D eigenvalue weighted by Crippen LogP contribution is 2.30. The zero-order valence-electron chi connectivity index (χ0n) is 15.8. The van der Waals surface area contributed by atoms with E-state index in [9.17, 15) is 4.79 Å². The lowest BCUT2D eigenvalue weighted by Crippen LogP contribution is -2.52. The molecule has 27 heavy (non-hydrogen) atoms. The number of methoxy groups -OCH3 is 1. The quantitative estimate of drug-likeness (QED) is 0.672. The van der Waals surface area contributed by atoms with Crippen molar-refractivity contribution in [2.75, 3.05) is 13.7 Å². The van der Waals surface area contributed by atoms with Gasteiger partial charge in [-0.15, -0.1) is 0 Å². The van der Waals surface area contributed by atoms with Gasteiger partial charge in [-0.2, -0.15) is 0 Å². The predicted molar refractivity (Wildman–Crippen MR) is 108 cm³/mol. The Morgan fingerprint density at radius 2 is 1.81 bits per heavy atom. The highest BCUT2D eigenvalue weighted by Gasteiger charge is 2.38. The summed E-state index contributed by atoms with van der Waals surface area (Å²) in [4.78, 5) is 15.9. The predicted octanol–water partition coefficient (Wildman–Crippen LogP) is 3.79. The molecule has 4 rings (SSSR count). The van der Waals surface area contributed by atoms with Gasteiger partial charge in [0.15, 0.2) is 0 Å². The van der Waals surface area contributed by atoms with E-state index in [4.69, 9.17) is 4.74 Å². The molecule has 0 saturated heterocycles. The molecule has 0 saturated carbocycles. The first kappa shape index (κ1) is 17.8. The number of carbonyl (C=O) groups excluding carboxylic acids is 1. The van der Waals surface area contributed by atoms with E-state index in [1.165, 1.54) is 22.1 Å². The van der Waals surface area contributed by atoms with Crippen molar-refractivity contribution in [3.63, 3.8) is 0 Å². The zero-order valence-corrected chi connectivity index (χ0v) is 15.8. The maximum atomic E-state index is 12.6. The number of aromatic nitrogens is 1. The summed E-state index contributed by atoms with van der Waals surface area (Å²) >= 11 is 0. The van der Waals surface area contributed by atoms with Gasteiger partial charge in [0.05, 0.1) is 12.1 Å². The number of carbonyl (C=O) groups is 1. The van der Waals surface area contributed by atoms with Crippen LogP contribution in [0.3, 0.4) is 0 Å². The van der Waals surface area contributed by atoms with Crippen molar-refractivity contribution >= 4 is 16.8 Å². The van der Waals surface area contributed by atoms with Crippen LogP contribution in [0.4, 0.5) is 0 Å². The van der Waals surface area contributed by atoms with Gasteiger partial charge in [0.1, 0.15) is 0 Å². The summed E-state index contributed by atoms with van der Waals surface area (Å²) in [6.07, 6.45) is 6.00. The SMILES string of the molecule is COCC1(NC(=O)CCCc2c[nH]c3ccccc23)Cc2ccccc2C1. The number of benzene rings is 2. The van der Waals surface area contributed by atoms with Crippen LogP contribution in [0.2, 0.25) is 0 Å². The third-order valence-electron chi connectivity index (χ3n) is 5.53. The molecule has 2 N–H and O–H groups in total. The van der Waals surface area contributed by atoms with Gasteiger partial charge < -0.3 is 15.0 Å². The summed E-state index contributed by atoms with van der Waals surface area (Å²) in [5, 5.41) is 4.54. The fourth-order valence-electron chi connectivity index (χ4n) is 4.33. The number of hydrogen-bond acceptors (Lipinski definition) is 2. The summed E-state index contributed by atoms with van der Waals surface area (Å²) in [6, 6.07) is 16.7. The Labute approximate surface area is 159 Å². The molecule has 0 atom stereocenters.